The van der Waals surface area contributed by atoms with Gasteiger partial charge in [0.1, 0.15) is 20.0 Å². The van der Waals surface area contributed by atoms with E-state index in [1.165, 1.54) is 37.5 Å². The molecule has 0 amide bonds. The Morgan fingerprint density at radius 1 is 0.941 bits per heavy atom. The van der Waals surface area contributed by atoms with Gasteiger partial charge >= 0.3 is 0 Å². The van der Waals surface area contributed by atoms with Crippen LogP contribution in [0.4, 0.5) is 0 Å². The number of halogens is 1. The van der Waals surface area contributed by atoms with E-state index in [-0.39, 0.29) is 17.0 Å². The second kappa shape index (κ2) is 5.21. The maximum Gasteiger partial charge on any atom is 0.139 e. The highest BCUT2D eigenvalue weighted by atomic mass is 79.9. The highest BCUT2D eigenvalue weighted by molar-refractivity contribution is 4.74. The summed E-state index contributed by atoms with van der Waals surface area (Å²) in [5.41, 5.74) is 0. The van der Waals surface area contributed by atoms with Crippen LogP contribution in [0.2, 0.25) is 0 Å². The van der Waals surface area contributed by atoms with E-state index >= 15 is 0 Å². The van der Waals surface area contributed by atoms with Gasteiger partial charge in [0, 0.05) is 6.42 Å². The molecular formula is C11H20BrN5. The molecule has 4 fully saturated rings. The SMILES string of the molecule is N#CCCCC[N+]12CN3CN(CN(C3)C1)C2.[Br-]. The van der Waals surface area contributed by atoms with Crippen molar-refractivity contribution in [1.29, 1.82) is 5.26 Å². The minimum atomic E-state index is 0. The van der Waals surface area contributed by atoms with Gasteiger partial charge in [-0.1, -0.05) is 0 Å². The largest absolute Gasteiger partial charge is 1.00 e. The molecule has 4 heterocycles. The van der Waals surface area contributed by atoms with Crippen LogP contribution in [0.15, 0.2) is 0 Å². The number of nitriles is 1. The summed E-state index contributed by atoms with van der Waals surface area (Å²) in [7, 11) is 0. The zero-order valence-electron chi connectivity index (χ0n) is 10.2. The van der Waals surface area contributed by atoms with Crippen LogP contribution in [0.25, 0.3) is 0 Å². The summed E-state index contributed by atoms with van der Waals surface area (Å²) in [5, 5.41) is 8.55. The number of nitrogens with zero attached hydrogens (tertiary/aromatic N) is 5. The summed E-state index contributed by atoms with van der Waals surface area (Å²) < 4.78 is 1.21. The quantitative estimate of drug-likeness (QED) is 0.415. The van der Waals surface area contributed by atoms with Gasteiger partial charge in [-0.2, -0.15) is 5.26 Å². The molecule has 0 aromatic rings. The van der Waals surface area contributed by atoms with Crippen molar-refractivity contribution >= 4 is 0 Å². The summed E-state index contributed by atoms with van der Waals surface area (Å²) >= 11 is 0. The van der Waals surface area contributed by atoms with Crippen molar-refractivity contribution < 1.29 is 21.5 Å². The minimum Gasteiger partial charge on any atom is -1.00 e. The van der Waals surface area contributed by atoms with E-state index in [1.54, 1.807) is 0 Å². The Labute approximate surface area is 114 Å². The molecule has 0 aromatic heterocycles. The predicted octanol–water partition coefficient (Wildman–Crippen LogP) is -2.81. The Hall–Kier alpha value is -0.190. The van der Waals surface area contributed by atoms with Crippen LogP contribution in [0.1, 0.15) is 19.3 Å². The molecule has 4 bridgehead atoms. The van der Waals surface area contributed by atoms with E-state index < -0.39 is 0 Å². The maximum absolute atomic E-state index is 8.55. The summed E-state index contributed by atoms with van der Waals surface area (Å²) in [4.78, 5) is 7.63. The molecule has 0 N–H and O–H groups in total. The van der Waals surface area contributed by atoms with E-state index in [2.05, 4.69) is 20.8 Å². The average molecular weight is 302 g/mol. The molecule has 0 unspecified atom stereocenters. The zero-order chi connectivity index (χ0) is 11.0. The molecule has 0 aromatic carbocycles. The van der Waals surface area contributed by atoms with E-state index in [0.29, 0.717) is 0 Å². The second-order valence-electron chi connectivity index (χ2n) is 5.54. The fraction of sp³-hybridized carbons (Fsp3) is 0.909. The number of hydrogen-bond acceptors (Lipinski definition) is 4. The summed E-state index contributed by atoms with van der Waals surface area (Å²) in [5.74, 6) is 0. The third kappa shape index (κ3) is 2.64. The molecule has 6 heteroatoms. The van der Waals surface area contributed by atoms with E-state index in [0.717, 1.165) is 32.8 Å². The van der Waals surface area contributed by atoms with Crippen LogP contribution >= 0.6 is 0 Å². The molecule has 5 nitrogen and oxygen atoms in total. The van der Waals surface area contributed by atoms with Crippen molar-refractivity contribution in [2.45, 2.75) is 19.3 Å². The third-order valence-electron chi connectivity index (χ3n) is 3.87. The smallest absolute Gasteiger partial charge is 0.139 e. The molecule has 4 rings (SSSR count). The number of hydrogen-bond donors (Lipinski definition) is 0. The van der Waals surface area contributed by atoms with Crippen molar-refractivity contribution in [1.82, 2.24) is 14.7 Å². The van der Waals surface area contributed by atoms with Crippen molar-refractivity contribution in [3.8, 4) is 6.07 Å². The van der Waals surface area contributed by atoms with Crippen molar-refractivity contribution in [3.05, 3.63) is 0 Å². The van der Waals surface area contributed by atoms with Crippen LogP contribution in [0.5, 0.6) is 0 Å². The first-order valence-electron chi connectivity index (χ1n) is 6.19. The molecule has 0 radical (unpaired) electrons. The first-order valence-corrected chi connectivity index (χ1v) is 6.19. The number of unbranched alkanes of at least 4 members (excludes halogenated alkanes) is 2. The Balaban J connectivity index is 0.00000108. The van der Waals surface area contributed by atoms with Crippen LogP contribution in [0, 0.1) is 11.3 Å². The van der Waals surface area contributed by atoms with Crippen molar-refractivity contribution in [3.63, 3.8) is 0 Å². The Kier molecular flexibility index (Phi) is 4.06. The summed E-state index contributed by atoms with van der Waals surface area (Å²) in [6.07, 6.45) is 2.98. The van der Waals surface area contributed by atoms with E-state index in [4.69, 9.17) is 5.26 Å². The lowest BCUT2D eigenvalue weighted by Crippen LogP contribution is -3.00. The van der Waals surface area contributed by atoms with Gasteiger partial charge in [0.05, 0.1) is 32.6 Å². The van der Waals surface area contributed by atoms with Crippen LogP contribution < -0.4 is 17.0 Å². The molecule has 96 valence electrons. The zero-order valence-corrected chi connectivity index (χ0v) is 11.8. The first kappa shape index (κ1) is 13.2. The Morgan fingerprint density at radius 2 is 1.47 bits per heavy atom. The molecule has 0 atom stereocenters. The van der Waals surface area contributed by atoms with Gasteiger partial charge < -0.3 is 17.0 Å². The van der Waals surface area contributed by atoms with Crippen LogP contribution in [0.3, 0.4) is 0 Å². The van der Waals surface area contributed by atoms with Gasteiger partial charge in [-0.15, -0.1) is 0 Å². The third-order valence-corrected chi connectivity index (χ3v) is 3.87. The fourth-order valence-corrected chi connectivity index (χ4v) is 3.52. The minimum absolute atomic E-state index is 0. The monoisotopic (exact) mass is 301 g/mol. The van der Waals surface area contributed by atoms with E-state index in [1.807, 2.05) is 0 Å². The van der Waals surface area contributed by atoms with E-state index in [9.17, 15) is 0 Å². The summed E-state index contributed by atoms with van der Waals surface area (Å²) in [6, 6.07) is 2.24. The van der Waals surface area contributed by atoms with Gasteiger partial charge in [0.15, 0.2) is 0 Å². The predicted molar refractivity (Wildman–Crippen MR) is 59.3 cm³/mol. The molecule has 4 saturated heterocycles. The fourth-order valence-electron chi connectivity index (χ4n) is 3.52. The van der Waals surface area contributed by atoms with Gasteiger partial charge in [0.25, 0.3) is 0 Å². The lowest BCUT2D eigenvalue weighted by Gasteiger charge is -2.60. The molecule has 0 aliphatic carbocycles. The number of quaternary nitrogens is 1. The Bertz CT molecular complexity index is 278. The lowest BCUT2D eigenvalue weighted by molar-refractivity contribution is -0.980. The lowest BCUT2D eigenvalue weighted by atomic mass is 10.2. The molecular weight excluding hydrogens is 282 g/mol. The van der Waals surface area contributed by atoms with Gasteiger partial charge in [0.2, 0.25) is 0 Å². The standard InChI is InChI=1S/C11H20N5.BrH/c12-4-2-1-3-5-16-9-13-6-14(10-16)8-15(7-13)11-16;/h1-3,5-11H2;1H/q+1;/p-1. The average Bonchev–Trinajstić information content (AvgIpc) is 2.22. The highest BCUT2D eigenvalue weighted by Gasteiger charge is 2.47. The maximum atomic E-state index is 8.55. The molecule has 4 aliphatic rings. The first-order chi connectivity index (χ1) is 7.80. The molecule has 0 spiro atoms. The second-order valence-corrected chi connectivity index (χ2v) is 5.54. The Morgan fingerprint density at radius 3 is 1.94 bits per heavy atom. The highest BCUT2D eigenvalue weighted by Crippen LogP contribution is 2.28. The van der Waals surface area contributed by atoms with Gasteiger partial charge in [-0.3, -0.25) is 4.48 Å². The normalized spacial score (nSPS) is 41.9. The summed E-state index contributed by atoms with van der Waals surface area (Å²) in [6.45, 7) is 8.39. The molecule has 4 aliphatic heterocycles. The topological polar surface area (TPSA) is 33.5 Å². The van der Waals surface area contributed by atoms with Crippen molar-refractivity contribution in [2.75, 3.05) is 46.6 Å². The van der Waals surface area contributed by atoms with Crippen LogP contribution in [-0.2, 0) is 0 Å². The molecule has 17 heavy (non-hydrogen) atoms. The van der Waals surface area contributed by atoms with Crippen molar-refractivity contribution in [2.24, 2.45) is 0 Å². The van der Waals surface area contributed by atoms with Gasteiger partial charge in [-0.05, 0) is 12.8 Å². The van der Waals surface area contributed by atoms with Gasteiger partial charge in [-0.25, -0.2) is 14.7 Å². The van der Waals surface area contributed by atoms with Crippen LogP contribution in [-0.4, -0.2) is 65.7 Å². The number of rotatable bonds is 4. The molecule has 0 saturated carbocycles.